The van der Waals surface area contributed by atoms with Gasteiger partial charge in [0, 0.05) is 38.3 Å². The van der Waals surface area contributed by atoms with E-state index in [1.54, 1.807) is 12.1 Å². The number of rotatable bonds is 5. The number of carbonyl (C=O) groups is 2. The molecule has 1 fully saturated rings. The van der Waals surface area contributed by atoms with E-state index in [2.05, 4.69) is 10.6 Å². The summed E-state index contributed by atoms with van der Waals surface area (Å²) in [6, 6.07) is 4.83. The molecule has 10 heteroatoms. The predicted molar refractivity (Wildman–Crippen MR) is 109 cm³/mol. The molecule has 1 aromatic carbocycles. The lowest BCUT2D eigenvalue weighted by Crippen LogP contribution is -2.46. The van der Waals surface area contributed by atoms with Crippen LogP contribution in [-0.4, -0.2) is 50.7 Å². The number of benzene rings is 1. The number of nitrogens with one attached hydrogen (secondary N) is 2. The highest BCUT2D eigenvalue weighted by Crippen LogP contribution is 2.29. The van der Waals surface area contributed by atoms with Gasteiger partial charge in [-0.3, -0.25) is 9.59 Å². The van der Waals surface area contributed by atoms with Crippen LogP contribution in [0.4, 0.5) is 5.69 Å². The van der Waals surface area contributed by atoms with Gasteiger partial charge in [0.25, 0.3) is 0 Å². The summed E-state index contributed by atoms with van der Waals surface area (Å²) in [5.74, 6) is -0.558. The molecule has 1 unspecified atom stereocenters. The number of sulfonamides is 1. The van der Waals surface area contributed by atoms with E-state index in [0.29, 0.717) is 57.4 Å². The SMILES string of the molecule is Cl.NCCNC(=O)C1CCCN(S(=O)(=O)c2ccc3c(c2)CCCC(=O)N3)C1. The molecule has 8 nitrogen and oxygen atoms in total. The van der Waals surface area contributed by atoms with Crippen molar-refractivity contribution in [2.45, 2.75) is 37.0 Å². The molecule has 0 radical (unpaired) electrons. The van der Waals surface area contributed by atoms with Crippen molar-refractivity contribution in [3.63, 3.8) is 0 Å². The van der Waals surface area contributed by atoms with Crippen LogP contribution < -0.4 is 16.4 Å². The van der Waals surface area contributed by atoms with Crippen molar-refractivity contribution in [3.8, 4) is 0 Å². The molecule has 2 aliphatic rings. The Morgan fingerprint density at radius 2 is 2.07 bits per heavy atom. The first-order valence-corrected chi connectivity index (χ1v) is 10.8. The van der Waals surface area contributed by atoms with Crippen LogP contribution in [0.1, 0.15) is 31.2 Å². The van der Waals surface area contributed by atoms with Gasteiger partial charge in [-0.2, -0.15) is 4.31 Å². The molecule has 1 aromatic rings. The molecule has 156 valence electrons. The summed E-state index contributed by atoms with van der Waals surface area (Å²) in [6.07, 6.45) is 3.08. The van der Waals surface area contributed by atoms with Crippen molar-refractivity contribution >= 4 is 39.9 Å². The molecule has 4 N–H and O–H groups in total. The largest absolute Gasteiger partial charge is 0.355 e. The Labute approximate surface area is 171 Å². The molecule has 0 aliphatic carbocycles. The Bertz CT molecular complexity index is 831. The minimum atomic E-state index is -3.69. The molecular weight excluding hydrogens is 404 g/mol. The summed E-state index contributed by atoms with van der Waals surface area (Å²) in [6.45, 7) is 1.31. The van der Waals surface area contributed by atoms with E-state index < -0.39 is 10.0 Å². The minimum absolute atomic E-state index is 0. The standard InChI is InChI=1S/C18H26N4O4S.ClH/c19-8-9-20-18(24)14-4-2-10-22(12-14)27(25,26)15-6-7-16-13(11-15)3-1-5-17(23)21-16;/h6-7,11,14H,1-5,8-10,12,19H2,(H,20,24)(H,21,23);1H. The maximum absolute atomic E-state index is 13.1. The van der Waals surface area contributed by atoms with Gasteiger partial charge in [-0.25, -0.2) is 8.42 Å². The van der Waals surface area contributed by atoms with Crippen LogP contribution in [0.5, 0.6) is 0 Å². The van der Waals surface area contributed by atoms with E-state index in [4.69, 9.17) is 5.73 Å². The number of aryl methyl sites for hydroxylation is 1. The maximum Gasteiger partial charge on any atom is 0.243 e. The van der Waals surface area contributed by atoms with Gasteiger partial charge in [0.05, 0.1) is 10.8 Å². The highest BCUT2D eigenvalue weighted by molar-refractivity contribution is 7.89. The fourth-order valence-electron chi connectivity index (χ4n) is 3.57. The number of hydrogen-bond acceptors (Lipinski definition) is 5. The molecule has 2 heterocycles. The molecule has 1 atom stereocenters. The van der Waals surface area contributed by atoms with Gasteiger partial charge in [0.2, 0.25) is 21.8 Å². The molecular formula is C18H27ClN4O4S. The molecule has 1 saturated heterocycles. The number of fused-ring (bicyclic) bond motifs is 1. The van der Waals surface area contributed by atoms with Crippen LogP contribution in [0.15, 0.2) is 23.1 Å². The molecule has 0 aromatic heterocycles. The number of hydrogen-bond donors (Lipinski definition) is 3. The quantitative estimate of drug-likeness (QED) is 0.639. The zero-order valence-electron chi connectivity index (χ0n) is 15.6. The monoisotopic (exact) mass is 430 g/mol. The predicted octanol–water partition coefficient (Wildman–Crippen LogP) is 0.859. The first-order chi connectivity index (χ1) is 12.9. The van der Waals surface area contributed by atoms with Crippen molar-refractivity contribution in [1.82, 2.24) is 9.62 Å². The van der Waals surface area contributed by atoms with Crippen molar-refractivity contribution in [3.05, 3.63) is 23.8 Å². The van der Waals surface area contributed by atoms with Gasteiger partial charge in [0.15, 0.2) is 0 Å². The summed E-state index contributed by atoms with van der Waals surface area (Å²) in [4.78, 5) is 24.1. The summed E-state index contributed by atoms with van der Waals surface area (Å²) >= 11 is 0. The van der Waals surface area contributed by atoms with Gasteiger partial charge in [-0.15, -0.1) is 12.4 Å². The van der Waals surface area contributed by atoms with Gasteiger partial charge < -0.3 is 16.4 Å². The zero-order chi connectivity index (χ0) is 19.4. The van der Waals surface area contributed by atoms with Crippen LogP contribution in [0.2, 0.25) is 0 Å². The Hall–Kier alpha value is -1.68. The van der Waals surface area contributed by atoms with E-state index in [0.717, 1.165) is 5.56 Å². The van der Waals surface area contributed by atoms with Crippen molar-refractivity contribution in [2.75, 3.05) is 31.5 Å². The topological polar surface area (TPSA) is 122 Å². The number of nitrogens with two attached hydrogens (primary N) is 1. The fraction of sp³-hybridized carbons (Fsp3) is 0.556. The van der Waals surface area contributed by atoms with Crippen molar-refractivity contribution in [1.29, 1.82) is 0 Å². The smallest absolute Gasteiger partial charge is 0.243 e. The first kappa shape index (κ1) is 22.6. The lowest BCUT2D eigenvalue weighted by molar-refractivity contribution is -0.126. The Kier molecular flexibility index (Phi) is 7.82. The number of anilines is 1. The summed E-state index contributed by atoms with van der Waals surface area (Å²) < 4.78 is 27.6. The second kappa shape index (κ2) is 9.69. The first-order valence-electron chi connectivity index (χ1n) is 9.32. The third-order valence-corrected chi connectivity index (χ3v) is 6.90. The number of amides is 2. The van der Waals surface area contributed by atoms with Crippen LogP contribution in [0, 0.1) is 5.92 Å². The highest BCUT2D eigenvalue weighted by Gasteiger charge is 2.33. The molecule has 2 aliphatic heterocycles. The summed E-state index contributed by atoms with van der Waals surface area (Å²) in [5.41, 5.74) is 6.91. The van der Waals surface area contributed by atoms with E-state index in [-0.39, 0.29) is 41.6 Å². The van der Waals surface area contributed by atoms with E-state index >= 15 is 0 Å². The van der Waals surface area contributed by atoms with Crippen LogP contribution in [0.3, 0.4) is 0 Å². The van der Waals surface area contributed by atoms with Crippen molar-refractivity contribution < 1.29 is 18.0 Å². The number of halogens is 1. The molecule has 0 spiro atoms. The van der Waals surface area contributed by atoms with Crippen LogP contribution in [0.25, 0.3) is 0 Å². The second-order valence-electron chi connectivity index (χ2n) is 7.00. The Balaban J connectivity index is 0.00000280. The van der Waals surface area contributed by atoms with Gasteiger partial charge in [-0.05, 0) is 49.4 Å². The van der Waals surface area contributed by atoms with Crippen LogP contribution >= 0.6 is 12.4 Å². The average Bonchev–Trinajstić information content (AvgIpc) is 2.86. The number of nitrogens with zero attached hydrogens (tertiary/aromatic N) is 1. The van der Waals surface area contributed by atoms with E-state index in [9.17, 15) is 18.0 Å². The third kappa shape index (κ3) is 5.02. The molecule has 0 saturated carbocycles. The second-order valence-corrected chi connectivity index (χ2v) is 8.94. The molecule has 3 rings (SSSR count). The lowest BCUT2D eigenvalue weighted by Gasteiger charge is -2.31. The molecule has 2 amide bonds. The average molecular weight is 431 g/mol. The summed E-state index contributed by atoms with van der Waals surface area (Å²) in [5, 5.41) is 5.55. The third-order valence-electron chi connectivity index (χ3n) is 5.04. The normalized spacial score (nSPS) is 20.3. The number of piperidine rings is 1. The van der Waals surface area contributed by atoms with E-state index in [1.165, 1.54) is 10.4 Å². The fourth-order valence-corrected chi connectivity index (χ4v) is 5.15. The van der Waals surface area contributed by atoms with Gasteiger partial charge >= 0.3 is 0 Å². The Morgan fingerprint density at radius 3 is 2.82 bits per heavy atom. The lowest BCUT2D eigenvalue weighted by atomic mass is 9.99. The van der Waals surface area contributed by atoms with Crippen LogP contribution in [-0.2, 0) is 26.0 Å². The maximum atomic E-state index is 13.1. The van der Waals surface area contributed by atoms with E-state index in [1.807, 2.05) is 0 Å². The van der Waals surface area contributed by atoms with Gasteiger partial charge in [-0.1, -0.05) is 0 Å². The van der Waals surface area contributed by atoms with Crippen molar-refractivity contribution in [2.24, 2.45) is 11.7 Å². The summed E-state index contributed by atoms with van der Waals surface area (Å²) in [7, 11) is -3.69. The zero-order valence-corrected chi connectivity index (χ0v) is 17.3. The Morgan fingerprint density at radius 1 is 1.29 bits per heavy atom. The minimum Gasteiger partial charge on any atom is -0.355 e. The highest BCUT2D eigenvalue weighted by atomic mass is 35.5. The molecule has 28 heavy (non-hydrogen) atoms. The van der Waals surface area contributed by atoms with Gasteiger partial charge in [0.1, 0.15) is 0 Å². The number of carbonyl (C=O) groups excluding carboxylic acids is 2. The molecule has 0 bridgehead atoms.